The molecule has 12 aromatic rings. The Kier molecular flexibility index (Phi) is 8.42. The largest absolute Gasteiger partial charge is 0.278 e. The van der Waals surface area contributed by atoms with Gasteiger partial charge in [0.25, 0.3) is 0 Å². The smallest absolute Gasteiger partial charge is 0.240 e. The summed E-state index contributed by atoms with van der Waals surface area (Å²) in [5.41, 5.74) is 14.4. The summed E-state index contributed by atoms with van der Waals surface area (Å²) in [6.45, 7) is 0. The Hall–Kier alpha value is -8.41. The fourth-order valence-corrected chi connectivity index (χ4v) is 9.02. The molecule has 0 saturated heterocycles. The summed E-state index contributed by atoms with van der Waals surface area (Å²) in [7, 11) is 0. The minimum atomic E-state index is 0.563. The minimum absolute atomic E-state index is 0.563. The Labute approximate surface area is 358 Å². The van der Waals surface area contributed by atoms with E-state index in [1.807, 2.05) is 0 Å². The van der Waals surface area contributed by atoms with E-state index in [4.69, 9.17) is 15.0 Å². The van der Waals surface area contributed by atoms with Crippen LogP contribution in [0, 0.1) is 0 Å². The molecule has 3 heterocycles. The first-order chi connectivity index (χ1) is 30.7. The van der Waals surface area contributed by atoms with Crippen LogP contribution < -0.4 is 0 Å². The first kappa shape index (κ1) is 35.5. The zero-order valence-electron chi connectivity index (χ0n) is 33.6. The van der Waals surface area contributed by atoms with E-state index in [1.165, 1.54) is 27.8 Å². The number of benzene rings is 9. The standard InChI is InChI=1S/C57H37N5/c1-2-14-38(15-3-1)39-28-30-40(31-29-39)43-16-12-17-44(36-43)41-32-34-42(35-33-41)45-18-13-19-46(37-45)55-58-56(61-51-24-8-4-20-47(51)48-21-5-9-25-52(48)61)60-57(59-55)62-53-26-10-6-22-49(53)50-23-7-11-27-54(50)62/h1-37H. The van der Waals surface area contributed by atoms with Crippen LogP contribution in [0.3, 0.4) is 0 Å². The monoisotopic (exact) mass is 791 g/mol. The Morgan fingerprint density at radius 3 is 0.919 bits per heavy atom. The van der Waals surface area contributed by atoms with Gasteiger partial charge in [0.2, 0.25) is 11.9 Å². The lowest BCUT2D eigenvalue weighted by Gasteiger charge is -2.13. The minimum Gasteiger partial charge on any atom is -0.278 e. The van der Waals surface area contributed by atoms with Crippen molar-refractivity contribution in [3.63, 3.8) is 0 Å². The fraction of sp³-hybridized carbons (Fsp3) is 0. The van der Waals surface area contributed by atoms with E-state index in [-0.39, 0.29) is 0 Å². The molecular weight excluding hydrogens is 755 g/mol. The number of aromatic nitrogens is 5. The van der Waals surface area contributed by atoms with E-state index in [9.17, 15) is 0 Å². The van der Waals surface area contributed by atoms with Crippen LogP contribution in [0.5, 0.6) is 0 Å². The number of rotatable bonds is 7. The van der Waals surface area contributed by atoms with Crippen molar-refractivity contribution in [1.29, 1.82) is 0 Å². The van der Waals surface area contributed by atoms with E-state index in [0.29, 0.717) is 17.7 Å². The van der Waals surface area contributed by atoms with E-state index >= 15 is 0 Å². The average Bonchev–Trinajstić information content (AvgIpc) is 3.88. The van der Waals surface area contributed by atoms with Crippen LogP contribution in [-0.4, -0.2) is 24.1 Å². The normalized spacial score (nSPS) is 11.5. The first-order valence-electron chi connectivity index (χ1n) is 20.9. The van der Waals surface area contributed by atoms with Crippen LogP contribution in [0.1, 0.15) is 0 Å². The van der Waals surface area contributed by atoms with E-state index in [1.54, 1.807) is 0 Å². The second-order valence-electron chi connectivity index (χ2n) is 15.7. The molecule has 0 aliphatic heterocycles. The van der Waals surface area contributed by atoms with Crippen molar-refractivity contribution < 1.29 is 0 Å². The summed E-state index contributed by atoms with van der Waals surface area (Å²) in [6, 6.07) is 79.4. The molecule has 0 radical (unpaired) electrons. The van der Waals surface area contributed by atoms with E-state index in [0.717, 1.165) is 65.9 Å². The summed E-state index contributed by atoms with van der Waals surface area (Å²) < 4.78 is 4.34. The van der Waals surface area contributed by atoms with Gasteiger partial charge in [-0.2, -0.15) is 15.0 Å². The maximum absolute atomic E-state index is 5.31. The lowest BCUT2D eigenvalue weighted by atomic mass is 9.96. The molecule has 0 N–H and O–H groups in total. The highest BCUT2D eigenvalue weighted by molar-refractivity contribution is 6.10. The molecule has 0 aliphatic carbocycles. The Morgan fingerprint density at radius 2 is 0.516 bits per heavy atom. The molecular formula is C57H37N5. The molecule has 12 rings (SSSR count). The predicted octanol–water partition coefficient (Wildman–Crippen LogP) is 14.4. The van der Waals surface area contributed by atoms with Gasteiger partial charge in [0.05, 0.1) is 22.1 Å². The maximum Gasteiger partial charge on any atom is 0.240 e. The summed E-state index contributed by atoms with van der Waals surface area (Å²) in [5.74, 6) is 1.72. The Bertz CT molecular complexity index is 3380. The van der Waals surface area contributed by atoms with Gasteiger partial charge in [-0.1, -0.05) is 188 Å². The SMILES string of the molecule is c1ccc(-c2ccc(-c3cccc(-c4ccc(-c5cccc(-c6nc(-n7c8ccccc8c8ccccc87)nc(-n7c8ccccc8c8ccccc87)n6)c5)cc4)c3)cc2)cc1. The summed E-state index contributed by atoms with van der Waals surface area (Å²) in [6.07, 6.45) is 0. The highest BCUT2D eigenvalue weighted by Gasteiger charge is 2.20. The zero-order valence-corrected chi connectivity index (χ0v) is 33.6. The Balaban J connectivity index is 0.944. The molecule has 0 unspecified atom stereocenters. The molecule has 3 aromatic heterocycles. The highest BCUT2D eigenvalue weighted by atomic mass is 15.3. The van der Waals surface area contributed by atoms with Gasteiger partial charge in [-0.15, -0.1) is 0 Å². The van der Waals surface area contributed by atoms with E-state index < -0.39 is 0 Å². The molecule has 0 spiro atoms. The second kappa shape index (κ2) is 14.7. The maximum atomic E-state index is 5.31. The second-order valence-corrected chi connectivity index (χ2v) is 15.7. The molecule has 62 heavy (non-hydrogen) atoms. The molecule has 5 heteroatoms. The van der Waals surface area contributed by atoms with Crippen LogP contribution in [0.15, 0.2) is 224 Å². The predicted molar refractivity (Wildman–Crippen MR) is 256 cm³/mol. The number of nitrogens with zero attached hydrogens (tertiary/aromatic N) is 5. The van der Waals surface area contributed by atoms with Gasteiger partial charge in [0, 0.05) is 27.1 Å². The van der Waals surface area contributed by atoms with E-state index in [2.05, 4.69) is 234 Å². The molecule has 0 amide bonds. The van der Waals surface area contributed by atoms with Crippen molar-refractivity contribution in [1.82, 2.24) is 24.1 Å². The first-order valence-corrected chi connectivity index (χ1v) is 20.9. The average molecular weight is 792 g/mol. The quantitative estimate of drug-likeness (QED) is 0.162. The molecule has 0 saturated carbocycles. The number of para-hydroxylation sites is 4. The van der Waals surface area contributed by atoms with Crippen LogP contribution >= 0.6 is 0 Å². The zero-order chi connectivity index (χ0) is 41.0. The van der Waals surface area contributed by atoms with Crippen molar-refractivity contribution in [2.45, 2.75) is 0 Å². The van der Waals surface area contributed by atoms with Crippen molar-refractivity contribution in [3.05, 3.63) is 224 Å². The van der Waals surface area contributed by atoms with Crippen molar-refractivity contribution in [3.8, 4) is 67.8 Å². The number of hydrogen-bond donors (Lipinski definition) is 0. The van der Waals surface area contributed by atoms with Gasteiger partial charge in [-0.05, 0) is 80.9 Å². The lowest BCUT2D eigenvalue weighted by Crippen LogP contribution is -2.10. The topological polar surface area (TPSA) is 48.5 Å². The molecule has 9 aromatic carbocycles. The Morgan fingerprint density at radius 1 is 0.226 bits per heavy atom. The molecule has 0 fully saturated rings. The third kappa shape index (κ3) is 6.06. The summed E-state index contributed by atoms with van der Waals surface area (Å²) >= 11 is 0. The molecule has 0 aliphatic rings. The van der Waals surface area contributed by atoms with Gasteiger partial charge < -0.3 is 0 Å². The van der Waals surface area contributed by atoms with Gasteiger partial charge >= 0.3 is 0 Å². The van der Waals surface area contributed by atoms with Gasteiger partial charge in [0.15, 0.2) is 5.82 Å². The van der Waals surface area contributed by atoms with Gasteiger partial charge in [-0.25, -0.2) is 0 Å². The van der Waals surface area contributed by atoms with Crippen LogP contribution in [0.25, 0.3) is 111 Å². The van der Waals surface area contributed by atoms with Gasteiger partial charge in [-0.3, -0.25) is 9.13 Å². The lowest BCUT2D eigenvalue weighted by molar-refractivity contribution is 0.893. The van der Waals surface area contributed by atoms with Crippen molar-refractivity contribution >= 4 is 43.6 Å². The van der Waals surface area contributed by atoms with Crippen LogP contribution in [0.2, 0.25) is 0 Å². The number of hydrogen-bond acceptors (Lipinski definition) is 3. The molecule has 0 bridgehead atoms. The summed E-state index contributed by atoms with van der Waals surface area (Å²) in [5, 5.41) is 4.60. The highest BCUT2D eigenvalue weighted by Crippen LogP contribution is 2.36. The third-order valence-electron chi connectivity index (χ3n) is 12.0. The van der Waals surface area contributed by atoms with Gasteiger partial charge in [0.1, 0.15) is 0 Å². The summed E-state index contributed by atoms with van der Waals surface area (Å²) in [4.78, 5) is 15.9. The van der Waals surface area contributed by atoms with Crippen molar-refractivity contribution in [2.75, 3.05) is 0 Å². The molecule has 290 valence electrons. The van der Waals surface area contributed by atoms with Crippen molar-refractivity contribution in [2.24, 2.45) is 0 Å². The van der Waals surface area contributed by atoms with Crippen LogP contribution in [0.4, 0.5) is 0 Å². The number of fused-ring (bicyclic) bond motifs is 6. The molecule has 5 nitrogen and oxygen atoms in total. The van der Waals surface area contributed by atoms with Crippen LogP contribution in [-0.2, 0) is 0 Å². The third-order valence-corrected chi connectivity index (χ3v) is 12.0. The molecule has 0 atom stereocenters. The fourth-order valence-electron chi connectivity index (χ4n) is 9.02.